The largest absolute Gasteiger partial charge is 0.490 e. The van der Waals surface area contributed by atoms with Crippen LogP contribution in [0.15, 0.2) is 66.7 Å². The van der Waals surface area contributed by atoms with Crippen molar-refractivity contribution >= 4 is 28.3 Å². The molecule has 0 radical (unpaired) electrons. The molecule has 2 heterocycles. The maximum Gasteiger partial charge on any atom is 0.490 e. The standard InChI is InChI=1S/C26H29N3O.C2HF3O2/c1-19(28-25(30)22-11-10-20-6-2-3-7-21(20)16-22)17-29-14-12-26(13-15-29)18-27-24-9-5-4-8-23(24)26;3-2(4,5)1(6)7/h2-11,16,19,27H,12-15,17-18H2,1H3,(H,28,30);(H,6,7)/t19-;/m1./s1. The first kappa shape index (κ1) is 26.5. The number of carboxylic acids is 1. The summed E-state index contributed by atoms with van der Waals surface area (Å²) in [5.74, 6) is -2.75. The first-order chi connectivity index (χ1) is 17.6. The Morgan fingerprint density at radius 3 is 2.32 bits per heavy atom. The summed E-state index contributed by atoms with van der Waals surface area (Å²) >= 11 is 0. The third-order valence-corrected chi connectivity index (χ3v) is 7.09. The van der Waals surface area contributed by atoms with Gasteiger partial charge in [0.25, 0.3) is 5.91 Å². The van der Waals surface area contributed by atoms with Gasteiger partial charge in [0.05, 0.1) is 0 Å². The van der Waals surface area contributed by atoms with Crippen LogP contribution < -0.4 is 10.6 Å². The Balaban J connectivity index is 0.000000405. The molecular weight excluding hydrogens is 483 g/mol. The van der Waals surface area contributed by atoms with Gasteiger partial charge in [-0.3, -0.25) is 4.79 Å². The number of benzene rings is 3. The van der Waals surface area contributed by atoms with Gasteiger partial charge >= 0.3 is 12.1 Å². The number of nitrogens with one attached hydrogen (secondary N) is 2. The van der Waals surface area contributed by atoms with Gasteiger partial charge in [0, 0.05) is 35.8 Å². The lowest BCUT2D eigenvalue weighted by Crippen LogP contribution is -2.48. The molecule has 1 atom stereocenters. The fraction of sp³-hybridized carbons (Fsp3) is 0.357. The van der Waals surface area contributed by atoms with E-state index in [1.54, 1.807) is 0 Å². The van der Waals surface area contributed by atoms with E-state index in [0.29, 0.717) is 0 Å². The van der Waals surface area contributed by atoms with Gasteiger partial charge in [-0.25, -0.2) is 4.79 Å². The lowest BCUT2D eigenvalue weighted by atomic mass is 9.74. The van der Waals surface area contributed by atoms with Crippen molar-refractivity contribution in [2.24, 2.45) is 0 Å². The SMILES string of the molecule is C[C@H](CN1CCC2(CC1)CNc1ccccc12)NC(=O)c1ccc2ccccc2c1.O=C(O)C(F)(F)F. The predicted molar refractivity (Wildman–Crippen MR) is 137 cm³/mol. The average Bonchev–Trinajstić information content (AvgIpc) is 3.23. The lowest BCUT2D eigenvalue weighted by Gasteiger charge is -2.40. The maximum atomic E-state index is 12.7. The van der Waals surface area contributed by atoms with E-state index in [1.165, 1.54) is 24.1 Å². The van der Waals surface area contributed by atoms with Gasteiger partial charge in [-0.15, -0.1) is 0 Å². The minimum atomic E-state index is -5.08. The number of carbonyl (C=O) groups excluding carboxylic acids is 1. The highest BCUT2D eigenvalue weighted by atomic mass is 19.4. The van der Waals surface area contributed by atoms with Crippen molar-refractivity contribution in [3.05, 3.63) is 77.9 Å². The highest BCUT2D eigenvalue weighted by Gasteiger charge is 2.41. The number of aliphatic carboxylic acids is 1. The Morgan fingerprint density at radius 2 is 1.65 bits per heavy atom. The Kier molecular flexibility index (Phi) is 7.73. The molecule has 0 unspecified atom stereocenters. The molecule has 2 aliphatic rings. The van der Waals surface area contributed by atoms with E-state index >= 15 is 0 Å². The summed E-state index contributed by atoms with van der Waals surface area (Å²) in [5.41, 5.74) is 3.81. The number of alkyl halides is 3. The second-order valence-electron chi connectivity index (χ2n) is 9.72. The number of amides is 1. The minimum absolute atomic E-state index is 0.00986. The van der Waals surface area contributed by atoms with Crippen LogP contribution in [-0.2, 0) is 10.2 Å². The Bertz CT molecular complexity index is 1270. The Hall–Kier alpha value is -3.59. The normalized spacial score (nSPS) is 17.3. The van der Waals surface area contributed by atoms with Crippen LogP contribution in [0, 0.1) is 0 Å². The van der Waals surface area contributed by atoms with Crippen LogP contribution >= 0.6 is 0 Å². The van der Waals surface area contributed by atoms with Gasteiger partial charge in [-0.05, 0) is 67.4 Å². The molecule has 1 saturated heterocycles. The summed E-state index contributed by atoms with van der Waals surface area (Å²) in [5, 5.41) is 16.2. The van der Waals surface area contributed by atoms with Gasteiger partial charge in [0.15, 0.2) is 0 Å². The van der Waals surface area contributed by atoms with Crippen molar-refractivity contribution in [2.75, 3.05) is 31.5 Å². The number of likely N-dealkylation sites (tertiary alicyclic amines) is 1. The van der Waals surface area contributed by atoms with Gasteiger partial charge in [-0.2, -0.15) is 13.2 Å². The van der Waals surface area contributed by atoms with Crippen molar-refractivity contribution < 1.29 is 27.9 Å². The average molecular weight is 514 g/mol. The van der Waals surface area contributed by atoms with Crippen molar-refractivity contribution in [1.82, 2.24) is 10.2 Å². The molecule has 0 aromatic heterocycles. The van der Waals surface area contributed by atoms with Crippen LogP contribution in [0.3, 0.4) is 0 Å². The number of piperidine rings is 1. The molecule has 6 nitrogen and oxygen atoms in total. The first-order valence-corrected chi connectivity index (χ1v) is 12.2. The van der Waals surface area contributed by atoms with Gasteiger partial charge < -0.3 is 20.6 Å². The van der Waals surface area contributed by atoms with Crippen LogP contribution in [0.4, 0.5) is 18.9 Å². The second-order valence-corrected chi connectivity index (χ2v) is 9.72. The molecule has 37 heavy (non-hydrogen) atoms. The number of hydrogen-bond donors (Lipinski definition) is 3. The zero-order valence-electron chi connectivity index (χ0n) is 20.5. The van der Waals surface area contributed by atoms with Crippen LogP contribution in [-0.4, -0.2) is 60.3 Å². The summed E-state index contributed by atoms with van der Waals surface area (Å²) in [6, 6.07) is 22.9. The van der Waals surface area contributed by atoms with Crippen molar-refractivity contribution in [2.45, 2.75) is 37.4 Å². The molecule has 9 heteroatoms. The zero-order chi connectivity index (χ0) is 26.6. The fourth-order valence-electron chi connectivity index (χ4n) is 5.14. The van der Waals surface area contributed by atoms with E-state index in [9.17, 15) is 18.0 Å². The maximum absolute atomic E-state index is 12.7. The molecule has 2 aliphatic heterocycles. The van der Waals surface area contributed by atoms with Crippen LogP contribution in [0.25, 0.3) is 10.8 Å². The third kappa shape index (κ3) is 6.22. The smallest absolute Gasteiger partial charge is 0.475 e. The number of fused-ring (bicyclic) bond motifs is 3. The summed E-state index contributed by atoms with van der Waals surface area (Å²) in [6.45, 7) is 6.20. The van der Waals surface area contributed by atoms with E-state index in [4.69, 9.17) is 9.90 Å². The number of para-hydroxylation sites is 1. The number of halogens is 3. The highest BCUT2D eigenvalue weighted by molar-refractivity contribution is 5.98. The van der Waals surface area contributed by atoms with Crippen molar-refractivity contribution in [1.29, 1.82) is 0 Å². The Morgan fingerprint density at radius 1 is 1.03 bits per heavy atom. The summed E-state index contributed by atoms with van der Waals surface area (Å²) in [7, 11) is 0. The summed E-state index contributed by atoms with van der Waals surface area (Å²) in [4.78, 5) is 24.1. The highest BCUT2D eigenvalue weighted by Crippen LogP contribution is 2.43. The number of anilines is 1. The number of carboxylic acid groups (broad SMARTS) is 1. The van der Waals surface area contributed by atoms with Crippen LogP contribution in [0.2, 0.25) is 0 Å². The number of carbonyl (C=O) groups is 2. The minimum Gasteiger partial charge on any atom is -0.475 e. The molecule has 1 spiro atoms. The van der Waals surface area contributed by atoms with Crippen molar-refractivity contribution in [3.63, 3.8) is 0 Å². The molecule has 3 N–H and O–H groups in total. The molecule has 196 valence electrons. The summed E-state index contributed by atoms with van der Waals surface area (Å²) in [6.07, 6.45) is -2.75. The van der Waals surface area contributed by atoms with E-state index in [2.05, 4.69) is 58.9 Å². The third-order valence-electron chi connectivity index (χ3n) is 7.09. The molecule has 0 saturated carbocycles. The molecule has 0 bridgehead atoms. The van der Waals surface area contributed by atoms with Gasteiger partial charge in [0.1, 0.15) is 0 Å². The molecule has 1 amide bonds. The number of hydrogen-bond acceptors (Lipinski definition) is 4. The van der Waals surface area contributed by atoms with Crippen molar-refractivity contribution in [3.8, 4) is 0 Å². The second kappa shape index (κ2) is 10.8. The van der Waals surface area contributed by atoms with E-state index in [-0.39, 0.29) is 17.4 Å². The topological polar surface area (TPSA) is 81.7 Å². The molecule has 3 aromatic carbocycles. The van der Waals surface area contributed by atoms with Gasteiger partial charge in [0.2, 0.25) is 0 Å². The van der Waals surface area contributed by atoms with E-state index < -0.39 is 12.1 Å². The lowest BCUT2D eigenvalue weighted by molar-refractivity contribution is -0.192. The quantitative estimate of drug-likeness (QED) is 0.455. The van der Waals surface area contributed by atoms with Crippen LogP contribution in [0.1, 0.15) is 35.7 Å². The molecule has 3 aromatic rings. The predicted octanol–water partition coefficient (Wildman–Crippen LogP) is 5.05. The molecular formula is C28H30F3N3O3. The number of rotatable bonds is 4. The monoisotopic (exact) mass is 513 g/mol. The Labute approximate surface area is 213 Å². The zero-order valence-corrected chi connectivity index (χ0v) is 20.5. The van der Waals surface area contributed by atoms with Crippen LogP contribution in [0.5, 0.6) is 0 Å². The molecule has 5 rings (SSSR count). The first-order valence-electron chi connectivity index (χ1n) is 12.2. The van der Waals surface area contributed by atoms with E-state index in [0.717, 1.165) is 42.5 Å². The van der Waals surface area contributed by atoms with Gasteiger partial charge in [-0.1, -0.05) is 48.5 Å². The molecule has 1 fully saturated rings. The molecule has 0 aliphatic carbocycles. The fourth-order valence-corrected chi connectivity index (χ4v) is 5.14. The summed E-state index contributed by atoms with van der Waals surface area (Å²) < 4.78 is 31.7. The van der Waals surface area contributed by atoms with E-state index in [1.807, 2.05) is 30.3 Å². The number of nitrogens with zero attached hydrogens (tertiary/aromatic N) is 1.